The smallest absolute Gasteiger partial charge is 0.225 e. The number of piperazine rings is 1. The van der Waals surface area contributed by atoms with Gasteiger partial charge in [0.2, 0.25) is 17.7 Å². The van der Waals surface area contributed by atoms with Crippen LogP contribution >= 0.6 is 0 Å². The quantitative estimate of drug-likeness (QED) is 0.697. The van der Waals surface area contributed by atoms with Gasteiger partial charge in [-0.15, -0.1) is 0 Å². The highest BCUT2D eigenvalue weighted by Crippen LogP contribution is 2.30. The molecule has 7 nitrogen and oxygen atoms in total. The van der Waals surface area contributed by atoms with Gasteiger partial charge in [-0.05, 0) is 52.7 Å². The Bertz CT molecular complexity index is 493. The summed E-state index contributed by atoms with van der Waals surface area (Å²) in [7, 11) is 4.06. The monoisotopic (exact) mass is 366 g/mol. The molecule has 1 heterocycles. The molecule has 1 N–H and O–H groups in total. The van der Waals surface area contributed by atoms with Gasteiger partial charge in [0.25, 0.3) is 0 Å². The van der Waals surface area contributed by atoms with E-state index < -0.39 is 0 Å². The van der Waals surface area contributed by atoms with E-state index in [1.807, 2.05) is 19.0 Å². The summed E-state index contributed by atoms with van der Waals surface area (Å²) < 4.78 is 0. The number of hydrogen-bond acceptors (Lipinski definition) is 4. The van der Waals surface area contributed by atoms with Crippen molar-refractivity contribution in [2.45, 2.75) is 39.0 Å². The molecular formula is C19H34N4O3. The molecule has 0 radical (unpaired) electrons. The van der Waals surface area contributed by atoms with Crippen molar-refractivity contribution in [1.82, 2.24) is 20.0 Å². The second kappa shape index (κ2) is 9.90. The van der Waals surface area contributed by atoms with Gasteiger partial charge in [0.1, 0.15) is 0 Å². The van der Waals surface area contributed by atoms with Crippen molar-refractivity contribution >= 4 is 17.7 Å². The Kier molecular flexibility index (Phi) is 7.87. The first-order chi connectivity index (χ1) is 12.4. The first-order valence-electron chi connectivity index (χ1n) is 9.85. The standard InChI is InChI=1S/C19H34N4O3/c1-15(24)22-11-13-23(14-12-22)19(26)17-7-5-16(6-8-17)18(25)20-9-4-10-21(2)3/h16-17H,4-14H2,1-3H3,(H,20,25). The number of rotatable bonds is 6. The van der Waals surface area contributed by atoms with Crippen LogP contribution in [0.4, 0.5) is 0 Å². The Labute approximate surface area is 157 Å². The number of carbonyl (C=O) groups is 3. The molecule has 0 aromatic carbocycles. The lowest BCUT2D eigenvalue weighted by molar-refractivity contribution is -0.143. The number of amides is 3. The zero-order valence-corrected chi connectivity index (χ0v) is 16.5. The van der Waals surface area contributed by atoms with Crippen LogP contribution < -0.4 is 5.32 Å². The molecule has 148 valence electrons. The summed E-state index contributed by atoms with van der Waals surface area (Å²) in [5, 5.41) is 3.03. The Morgan fingerprint density at radius 3 is 2.00 bits per heavy atom. The van der Waals surface area contributed by atoms with Crippen LogP contribution in [0.5, 0.6) is 0 Å². The maximum Gasteiger partial charge on any atom is 0.225 e. The van der Waals surface area contributed by atoms with Gasteiger partial charge in [0, 0.05) is 51.5 Å². The predicted molar refractivity (Wildman–Crippen MR) is 100 cm³/mol. The third kappa shape index (κ3) is 5.97. The van der Waals surface area contributed by atoms with Gasteiger partial charge in [-0.3, -0.25) is 14.4 Å². The molecule has 26 heavy (non-hydrogen) atoms. The van der Waals surface area contributed by atoms with Gasteiger partial charge in [-0.25, -0.2) is 0 Å². The van der Waals surface area contributed by atoms with E-state index in [4.69, 9.17) is 0 Å². The molecule has 0 aromatic heterocycles. The van der Waals surface area contributed by atoms with Gasteiger partial charge >= 0.3 is 0 Å². The Morgan fingerprint density at radius 1 is 0.923 bits per heavy atom. The molecule has 1 saturated heterocycles. The minimum absolute atomic E-state index is 0.0386. The summed E-state index contributed by atoms with van der Waals surface area (Å²) in [6, 6.07) is 0. The highest BCUT2D eigenvalue weighted by molar-refractivity contribution is 5.81. The fourth-order valence-corrected chi connectivity index (χ4v) is 3.85. The van der Waals surface area contributed by atoms with E-state index in [2.05, 4.69) is 10.2 Å². The SMILES string of the molecule is CC(=O)N1CCN(C(=O)C2CCC(C(=O)NCCCN(C)C)CC2)CC1. The average molecular weight is 367 g/mol. The molecule has 2 aliphatic rings. The Morgan fingerprint density at radius 2 is 1.46 bits per heavy atom. The van der Waals surface area contributed by atoms with Gasteiger partial charge in [0.15, 0.2) is 0 Å². The van der Waals surface area contributed by atoms with Crippen molar-refractivity contribution in [1.29, 1.82) is 0 Å². The molecule has 0 unspecified atom stereocenters. The third-order valence-corrected chi connectivity index (χ3v) is 5.57. The number of hydrogen-bond donors (Lipinski definition) is 1. The molecule has 0 atom stereocenters. The Balaban J connectivity index is 1.68. The molecule has 1 aliphatic carbocycles. The van der Waals surface area contributed by atoms with Crippen molar-refractivity contribution in [3.8, 4) is 0 Å². The second-order valence-corrected chi connectivity index (χ2v) is 7.83. The minimum atomic E-state index is 0.0386. The van der Waals surface area contributed by atoms with Gasteiger partial charge in [0.05, 0.1) is 0 Å². The molecule has 3 amide bonds. The normalized spacial score (nSPS) is 23.8. The van der Waals surface area contributed by atoms with Gasteiger partial charge in [-0.2, -0.15) is 0 Å². The number of carbonyl (C=O) groups excluding carboxylic acids is 3. The summed E-state index contributed by atoms with van der Waals surface area (Å²) in [5.41, 5.74) is 0. The van der Waals surface area contributed by atoms with E-state index in [9.17, 15) is 14.4 Å². The highest BCUT2D eigenvalue weighted by atomic mass is 16.2. The molecule has 0 spiro atoms. The fraction of sp³-hybridized carbons (Fsp3) is 0.842. The van der Waals surface area contributed by atoms with E-state index >= 15 is 0 Å². The third-order valence-electron chi connectivity index (χ3n) is 5.57. The van der Waals surface area contributed by atoms with Crippen LogP contribution in [-0.2, 0) is 14.4 Å². The van der Waals surface area contributed by atoms with Gasteiger partial charge in [-0.1, -0.05) is 0 Å². The summed E-state index contributed by atoms with van der Waals surface area (Å²) in [5.74, 6) is 0.515. The molecular weight excluding hydrogens is 332 g/mol. The van der Waals surface area contributed by atoms with Crippen molar-refractivity contribution in [3.63, 3.8) is 0 Å². The zero-order chi connectivity index (χ0) is 19.1. The van der Waals surface area contributed by atoms with Crippen LogP contribution in [0.25, 0.3) is 0 Å². The molecule has 0 bridgehead atoms. The van der Waals surface area contributed by atoms with Crippen LogP contribution in [-0.4, -0.2) is 85.8 Å². The molecule has 2 rings (SSSR count). The Hall–Kier alpha value is -1.63. The first kappa shape index (κ1) is 20.7. The molecule has 0 aromatic rings. The first-order valence-corrected chi connectivity index (χ1v) is 9.85. The summed E-state index contributed by atoms with van der Waals surface area (Å²) in [4.78, 5) is 42.1. The lowest BCUT2D eigenvalue weighted by atomic mass is 9.81. The number of nitrogens with zero attached hydrogens (tertiary/aromatic N) is 3. The molecule has 2 fully saturated rings. The van der Waals surface area contributed by atoms with E-state index in [0.717, 1.165) is 45.2 Å². The van der Waals surface area contributed by atoms with Crippen molar-refractivity contribution in [2.24, 2.45) is 11.8 Å². The molecule has 1 aliphatic heterocycles. The maximum absolute atomic E-state index is 12.7. The molecule has 1 saturated carbocycles. The van der Waals surface area contributed by atoms with E-state index in [0.29, 0.717) is 26.2 Å². The topological polar surface area (TPSA) is 73.0 Å². The van der Waals surface area contributed by atoms with Crippen molar-refractivity contribution in [2.75, 3.05) is 53.4 Å². The number of nitrogens with one attached hydrogen (secondary N) is 1. The van der Waals surface area contributed by atoms with Gasteiger partial charge < -0.3 is 20.0 Å². The summed E-state index contributed by atoms with van der Waals surface area (Å²) >= 11 is 0. The minimum Gasteiger partial charge on any atom is -0.356 e. The zero-order valence-electron chi connectivity index (χ0n) is 16.5. The lowest BCUT2D eigenvalue weighted by Crippen LogP contribution is -2.51. The van der Waals surface area contributed by atoms with Crippen LogP contribution in [0.3, 0.4) is 0 Å². The van der Waals surface area contributed by atoms with Crippen LogP contribution in [0.2, 0.25) is 0 Å². The highest BCUT2D eigenvalue weighted by Gasteiger charge is 2.33. The second-order valence-electron chi connectivity index (χ2n) is 7.83. The largest absolute Gasteiger partial charge is 0.356 e. The lowest BCUT2D eigenvalue weighted by Gasteiger charge is -2.37. The average Bonchev–Trinajstić information content (AvgIpc) is 2.64. The molecule has 7 heteroatoms. The van der Waals surface area contributed by atoms with Crippen LogP contribution in [0.15, 0.2) is 0 Å². The van der Waals surface area contributed by atoms with E-state index in [-0.39, 0.29) is 29.6 Å². The van der Waals surface area contributed by atoms with Crippen LogP contribution in [0.1, 0.15) is 39.0 Å². The van der Waals surface area contributed by atoms with Crippen LogP contribution in [0, 0.1) is 11.8 Å². The predicted octanol–water partition coefficient (Wildman–Crippen LogP) is 0.551. The van der Waals surface area contributed by atoms with E-state index in [1.165, 1.54) is 0 Å². The summed E-state index contributed by atoms with van der Waals surface area (Å²) in [6.45, 7) is 5.78. The van der Waals surface area contributed by atoms with Crippen molar-refractivity contribution < 1.29 is 14.4 Å². The van der Waals surface area contributed by atoms with E-state index in [1.54, 1.807) is 11.8 Å². The maximum atomic E-state index is 12.7. The fourth-order valence-electron chi connectivity index (χ4n) is 3.85. The summed E-state index contributed by atoms with van der Waals surface area (Å²) in [6.07, 6.45) is 4.13. The van der Waals surface area contributed by atoms with Crippen molar-refractivity contribution in [3.05, 3.63) is 0 Å².